The molecule has 0 spiro atoms. The average molecular weight is 445 g/mol. The Labute approximate surface area is 194 Å². The van der Waals surface area contributed by atoms with E-state index in [1.807, 2.05) is 36.4 Å². The third-order valence-electron chi connectivity index (χ3n) is 6.02. The van der Waals surface area contributed by atoms with E-state index in [0.29, 0.717) is 19.3 Å². The van der Waals surface area contributed by atoms with E-state index in [2.05, 4.69) is 39.0 Å². The van der Waals surface area contributed by atoms with Gasteiger partial charge in [-0.25, -0.2) is 0 Å². The van der Waals surface area contributed by atoms with Gasteiger partial charge < -0.3 is 19.1 Å². The normalized spacial score (nSPS) is 17.1. The molecule has 1 aromatic carbocycles. The topological polar surface area (TPSA) is 60.0 Å². The molecule has 2 aliphatic rings. The van der Waals surface area contributed by atoms with Crippen LogP contribution in [0.15, 0.2) is 85.1 Å². The van der Waals surface area contributed by atoms with Crippen molar-refractivity contribution in [3.63, 3.8) is 0 Å². The highest BCUT2D eigenvalue weighted by Crippen LogP contribution is 2.24. The highest BCUT2D eigenvalue weighted by Gasteiger charge is 2.30. The second-order valence-electron chi connectivity index (χ2n) is 8.16. The van der Waals surface area contributed by atoms with E-state index in [0.717, 1.165) is 49.7 Å². The minimum atomic E-state index is 0.167. The lowest BCUT2D eigenvalue weighted by Gasteiger charge is -2.39. The van der Waals surface area contributed by atoms with E-state index in [-0.39, 0.29) is 6.04 Å². The first-order valence-corrected chi connectivity index (χ1v) is 11.3. The molecule has 3 aromatic rings. The Balaban J connectivity index is 1.21. The summed E-state index contributed by atoms with van der Waals surface area (Å²) < 4.78 is 17.1. The summed E-state index contributed by atoms with van der Waals surface area (Å²) in [6.45, 7) is 4.40. The van der Waals surface area contributed by atoms with Crippen LogP contribution in [0.2, 0.25) is 0 Å². The zero-order valence-electron chi connectivity index (χ0n) is 18.5. The Morgan fingerprint density at radius 2 is 1.70 bits per heavy atom. The lowest BCUT2D eigenvalue weighted by molar-refractivity contribution is 0.0580. The Morgan fingerprint density at radius 1 is 0.879 bits per heavy atom. The molecule has 2 aromatic heterocycles. The van der Waals surface area contributed by atoms with Gasteiger partial charge in [-0.15, -0.1) is 0 Å². The van der Waals surface area contributed by atoms with Gasteiger partial charge in [-0.2, -0.15) is 4.98 Å². The van der Waals surface area contributed by atoms with Crippen LogP contribution in [0.3, 0.4) is 0 Å². The summed E-state index contributed by atoms with van der Waals surface area (Å²) in [7, 11) is 0. The number of ether oxygens (including phenoxy) is 3. The molecule has 1 unspecified atom stereocenters. The first kappa shape index (κ1) is 21.3. The number of nitrogens with zero attached hydrogens (tertiary/aromatic N) is 4. The molecule has 0 radical (unpaired) electrons. The fourth-order valence-electron chi connectivity index (χ4n) is 4.23. The van der Waals surface area contributed by atoms with Crippen LogP contribution in [0.1, 0.15) is 11.1 Å². The van der Waals surface area contributed by atoms with Crippen molar-refractivity contribution in [1.82, 2.24) is 14.9 Å². The predicted octanol–water partition coefficient (Wildman–Crippen LogP) is 3.63. The Kier molecular flexibility index (Phi) is 6.68. The zero-order chi connectivity index (χ0) is 22.3. The average Bonchev–Trinajstić information content (AvgIpc) is 3.42. The first-order valence-electron chi connectivity index (χ1n) is 11.3. The highest BCUT2D eigenvalue weighted by atomic mass is 16.7. The molecule has 7 heteroatoms. The van der Waals surface area contributed by atoms with Gasteiger partial charge in [0.25, 0.3) is 0 Å². The molecule has 170 valence electrons. The van der Waals surface area contributed by atoms with E-state index >= 15 is 0 Å². The number of anilines is 1. The number of benzene rings is 1. The van der Waals surface area contributed by atoms with Crippen molar-refractivity contribution in [3.8, 4) is 5.88 Å². The molecule has 5 rings (SSSR count). The van der Waals surface area contributed by atoms with Crippen molar-refractivity contribution in [1.29, 1.82) is 0 Å². The lowest BCUT2D eigenvalue weighted by Crippen LogP contribution is -2.51. The van der Waals surface area contributed by atoms with Crippen molar-refractivity contribution in [3.05, 3.63) is 96.2 Å². The van der Waals surface area contributed by atoms with Gasteiger partial charge in [0.2, 0.25) is 12.7 Å². The molecular weight excluding hydrogens is 416 g/mol. The fraction of sp³-hybridized carbons (Fsp3) is 0.308. The van der Waals surface area contributed by atoms with Crippen molar-refractivity contribution in [2.24, 2.45) is 0 Å². The van der Waals surface area contributed by atoms with Gasteiger partial charge in [-0.3, -0.25) is 9.88 Å². The molecule has 1 fully saturated rings. The maximum Gasteiger partial charge on any atom is 0.229 e. The molecule has 0 amide bonds. The maximum absolute atomic E-state index is 5.90. The lowest BCUT2D eigenvalue weighted by atomic mass is 10.0. The van der Waals surface area contributed by atoms with Crippen LogP contribution in [0, 0.1) is 0 Å². The van der Waals surface area contributed by atoms with Crippen LogP contribution < -0.4 is 9.64 Å². The van der Waals surface area contributed by atoms with Gasteiger partial charge >= 0.3 is 0 Å². The molecule has 7 nitrogen and oxygen atoms in total. The summed E-state index contributed by atoms with van der Waals surface area (Å²) in [6, 6.07) is 20.6. The Morgan fingerprint density at radius 3 is 2.45 bits per heavy atom. The number of hydrogen-bond acceptors (Lipinski definition) is 7. The predicted molar refractivity (Wildman–Crippen MR) is 126 cm³/mol. The smallest absolute Gasteiger partial charge is 0.229 e. The minimum Gasteiger partial charge on any atom is -0.473 e. The Hall–Kier alpha value is -3.58. The Bertz CT molecular complexity index is 1050. The second kappa shape index (κ2) is 10.4. The van der Waals surface area contributed by atoms with Gasteiger partial charge in [0.1, 0.15) is 18.7 Å². The van der Waals surface area contributed by atoms with Crippen molar-refractivity contribution >= 4 is 5.82 Å². The highest BCUT2D eigenvalue weighted by molar-refractivity contribution is 5.41. The first-order chi connectivity index (χ1) is 16.3. The third kappa shape index (κ3) is 5.43. The molecule has 4 heterocycles. The number of aromatic nitrogens is 2. The van der Waals surface area contributed by atoms with Gasteiger partial charge in [0.05, 0.1) is 6.04 Å². The van der Waals surface area contributed by atoms with Crippen LogP contribution in [0.25, 0.3) is 0 Å². The van der Waals surface area contributed by atoms with E-state index in [1.165, 1.54) is 5.56 Å². The summed E-state index contributed by atoms with van der Waals surface area (Å²) in [6.07, 6.45) is 6.20. The monoisotopic (exact) mass is 444 g/mol. The number of piperazine rings is 1. The van der Waals surface area contributed by atoms with Crippen molar-refractivity contribution in [2.45, 2.75) is 19.1 Å². The molecule has 0 saturated carbocycles. The summed E-state index contributed by atoms with van der Waals surface area (Å²) >= 11 is 0. The van der Waals surface area contributed by atoms with E-state index in [1.54, 1.807) is 18.7 Å². The van der Waals surface area contributed by atoms with E-state index in [9.17, 15) is 0 Å². The molecular formula is C26H28N4O3. The largest absolute Gasteiger partial charge is 0.473 e. The van der Waals surface area contributed by atoms with Crippen molar-refractivity contribution < 1.29 is 14.2 Å². The molecule has 0 bridgehead atoms. The van der Waals surface area contributed by atoms with Crippen LogP contribution >= 0.6 is 0 Å². The molecule has 2 aliphatic heterocycles. The number of pyridine rings is 2. The molecule has 1 atom stereocenters. The summed E-state index contributed by atoms with van der Waals surface area (Å²) in [5.74, 6) is 2.49. The van der Waals surface area contributed by atoms with Crippen LogP contribution in [0.5, 0.6) is 5.88 Å². The van der Waals surface area contributed by atoms with Crippen LogP contribution in [-0.4, -0.2) is 53.9 Å². The summed E-state index contributed by atoms with van der Waals surface area (Å²) in [5.41, 5.74) is 2.37. The molecule has 0 aliphatic carbocycles. The van der Waals surface area contributed by atoms with E-state index in [4.69, 9.17) is 19.2 Å². The third-order valence-corrected chi connectivity index (χ3v) is 6.02. The maximum atomic E-state index is 5.90. The molecule has 0 N–H and O–H groups in total. The minimum absolute atomic E-state index is 0.167. The van der Waals surface area contributed by atoms with Gasteiger partial charge in [-0.1, -0.05) is 36.4 Å². The van der Waals surface area contributed by atoms with Gasteiger partial charge in [0, 0.05) is 44.6 Å². The zero-order valence-corrected chi connectivity index (χ0v) is 18.5. The molecule has 1 saturated heterocycles. The SMILES string of the molecule is C1=C(C(Cc2ccccc2)N2CCN(c3cccc(OCc4ccncc4)n3)CC2)OCO1. The summed E-state index contributed by atoms with van der Waals surface area (Å²) in [5, 5.41) is 0. The standard InChI is InChI=1S/C26H28N4O3/c1-2-5-21(6-3-1)17-23(24-19-31-20-33-24)29-13-15-30(16-14-29)25-7-4-8-26(28-25)32-18-22-9-11-27-12-10-22/h1-12,19,23H,13-18,20H2. The second-order valence-corrected chi connectivity index (χ2v) is 8.16. The fourth-order valence-corrected chi connectivity index (χ4v) is 4.23. The number of hydrogen-bond donors (Lipinski definition) is 0. The van der Waals surface area contributed by atoms with Gasteiger partial charge in [-0.05, 0) is 35.7 Å². The van der Waals surface area contributed by atoms with Crippen LogP contribution in [-0.2, 0) is 22.5 Å². The number of rotatable bonds is 8. The van der Waals surface area contributed by atoms with Gasteiger partial charge in [0.15, 0.2) is 5.76 Å². The summed E-state index contributed by atoms with van der Waals surface area (Å²) in [4.78, 5) is 13.6. The van der Waals surface area contributed by atoms with Crippen LogP contribution in [0.4, 0.5) is 5.82 Å². The quantitative estimate of drug-likeness (QED) is 0.526. The molecule has 33 heavy (non-hydrogen) atoms. The van der Waals surface area contributed by atoms with E-state index < -0.39 is 0 Å². The van der Waals surface area contributed by atoms with Crippen molar-refractivity contribution in [2.75, 3.05) is 37.9 Å².